The van der Waals surface area contributed by atoms with E-state index in [1.54, 1.807) is 6.20 Å². The summed E-state index contributed by atoms with van der Waals surface area (Å²) in [5.74, 6) is 1.47. The quantitative estimate of drug-likeness (QED) is 0.836. The summed E-state index contributed by atoms with van der Waals surface area (Å²) in [4.78, 5) is 11.0. The highest BCUT2D eigenvalue weighted by atomic mass is 35.5. The second-order valence-corrected chi connectivity index (χ2v) is 5.98. The van der Waals surface area contributed by atoms with Crippen molar-refractivity contribution in [2.75, 3.05) is 23.8 Å². The van der Waals surface area contributed by atoms with Gasteiger partial charge in [-0.25, -0.2) is 4.98 Å². The Morgan fingerprint density at radius 1 is 1.27 bits per heavy atom. The highest BCUT2D eigenvalue weighted by Gasteiger charge is 2.09. The van der Waals surface area contributed by atoms with Crippen LogP contribution >= 0.6 is 11.6 Å². The Kier molecular flexibility index (Phi) is 5.61. The number of unbranched alkanes of at least 4 members (excludes halogenated alkanes) is 1. The van der Waals surface area contributed by atoms with Crippen LogP contribution in [0.15, 0.2) is 24.4 Å². The first kappa shape index (κ1) is 16.6. The molecule has 1 heterocycles. The van der Waals surface area contributed by atoms with Crippen LogP contribution in [0.4, 0.5) is 17.5 Å². The molecule has 22 heavy (non-hydrogen) atoms. The van der Waals surface area contributed by atoms with Crippen molar-refractivity contribution in [3.05, 3.63) is 40.5 Å². The third-order valence-corrected chi connectivity index (χ3v) is 3.85. The summed E-state index contributed by atoms with van der Waals surface area (Å²) in [6, 6.07) is 5.95. The molecule has 2 rings (SSSR count). The molecule has 1 aromatic heterocycles. The molecule has 0 fully saturated rings. The number of hydrogen-bond acceptors (Lipinski definition) is 4. The minimum absolute atomic E-state index is 0.565. The van der Waals surface area contributed by atoms with Gasteiger partial charge in [0.2, 0.25) is 5.95 Å². The van der Waals surface area contributed by atoms with Gasteiger partial charge in [0.1, 0.15) is 5.82 Å². The number of aryl methyl sites for hydroxylation is 2. The van der Waals surface area contributed by atoms with Crippen molar-refractivity contribution >= 4 is 29.1 Å². The molecule has 0 amide bonds. The van der Waals surface area contributed by atoms with Crippen molar-refractivity contribution < 1.29 is 0 Å². The summed E-state index contributed by atoms with van der Waals surface area (Å²) in [6.45, 7) is 7.22. The maximum atomic E-state index is 6.33. The fourth-order valence-corrected chi connectivity index (χ4v) is 2.69. The van der Waals surface area contributed by atoms with Gasteiger partial charge in [0.25, 0.3) is 0 Å². The summed E-state index contributed by atoms with van der Waals surface area (Å²) in [7, 11) is 2.05. The molecular formula is C17H23ClN4. The van der Waals surface area contributed by atoms with Gasteiger partial charge in [-0.2, -0.15) is 4.98 Å². The Bertz CT molecular complexity index is 619. The van der Waals surface area contributed by atoms with Gasteiger partial charge in [-0.05, 0) is 43.5 Å². The van der Waals surface area contributed by atoms with E-state index in [1.165, 1.54) is 6.42 Å². The fraction of sp³-hybridized carbons (Fsp3) is 0.412. The number of hydrogen-bond donors (Lipinski definition) is 1. The molecule has 0 aliphatic carbocycles. The standard InChI is InChI=1S/C17H23ClN4/c1-5-6-9-22(4)15-7-8-19-17(20-15)21-16-13(3)10-12(2)11-14(16)18/h7-8,10-11H,5-6,9H2,1-4H3,(H,19,20,21). The van der Waals surface area contributed by atoms with Crippen molar-refractivity contribution in [1.82, 2.24) is 9.97 Å². The minimum atomic E-state index is 0.565. The summed E-state index contributed by atoms with van der Waals surface area (Å²) < 4.78 is 0. The number of aromatic nitrogens is 2. The average molecular weight is 319 g/mol. The zero-order valence-corrected chi connectivity index (χ0v) is 14.4. The molecule has 0 aliphatic heterocycles. The monoisotopic (exact) mass is 318 g/mol. The van der Waals surface area contributed by atoms with Crippen LogP contribution in [0, 0.1) is 13.8 Å². The molecule has 0 atom stereocenters. The Morgan fingerprint density at radius 3 is 2.73 bits per heavy atom. The Labute approximate surface area is 137 Å². The van der Waals surface area contributed by atoms with E-state index in [4.69, 9.17) is 11.6 Å². The van der Waals surface area contributed by atoms with E-state index in [9.17, 15) is 0 Å². The first-order chi connectivity index (χ1) is 10.5. The lowest BCUT2D eigenvalue weighted by Crippen LogP contribution is -2.20. The fourth-order valence-electron chi connectivity index (χ4n) is 2.32. The van der Waals surface area contributed by atoms with Crippen molar-refractivity contribution in [1.29, 1.82) is 0 Å². The van der Waals surface area contributed by atoms with Crippen molar-refractivity contribution in [2.24, 2.45) is 0 Å². The van der Waals surface area contributed by atoms with Gasteiger partial charge in [-0.3, -0.25) is 0 Å². The molecule has 4 nitrogen and oxygen atoms in total. The predicted octanol–water partition coefficient (Wildman–Crippen LogP) is 4.73. The van der Waals surface area contributed by atoms with Crippen LogP contribution in [0.25, 0.3) is 0 Å². The number of nitrogens with zero attached hydrogens (tertiary/aromatic N) is 3. The molecule has 0 unspecified atom stereocenters. The zero-order valence-electron chi connectivity index (χ0n) is 13.7. The maximum absolute atomic E-state index is 6.33. The summed E-state index contributed by atoms with van der Waals surface area (Å²) >= 11 is 6.33. The maximum Gasteiger partial charge on any atom is 0.229 e. The van der Waals surface area contributed by atoms with Crippen molar-refractivity contribution in [3.8, 4) is 0 Å². The van der Waals surface area contributed by atoms with Gasteiger partial charge in [0, 0.05) is 19.8 Å². The summed E-state index contributed by atoms with van der Waals surface area (Å²) in [5.41, 5.74) is 3.08. The Hall–Kier alpha value is -1.81. The number of nitrogens with one attached hydrogen (secondary N) is 1. The van der Waals surface area contributed by atoms with E-state index in [2.05, 4.69) is 33.2 Å². The molecule has 1 aromatic carbocycles. The van der Waals surface area contributed by atoms with Gasteiger partial charge in [-0.15, -0.1) is 0 Å². The molecular weight excluding hydrogens is 296 g/mol. The van der Waals surface area contributed by atoms with E-state index in [0.717, 1.165) is 35.6 Å². The molecule has 2 aromatic rings. The molecule has 0 aliphatic rings. The minimum Gasteiger partial charge on any atom is -0.360 e. The van der Waals surface area contributed by atoms with Crippen LogP contribution < -0.4 is 10.2 Å². The van der Waals surface area contributed by atoms with Gasteiger partial charge >= 0.3 is 0 Å². The lowest BCUT2D eigenvalue weighted by molar-refractivity contribution is 0.759. The highest BCUT2D eigenvalue weighted by molar-refractivity contribution is 6.33. The molecule has 0 saturated heterocycles. The van der Waals surface area contributed by atoms with E-state index in [1.807, 2.05) is 33.0 Å². The third kappa shape index (κ3) is 4.10. The predicted molar refractivity (Wildman–Crippen MR) is 94.4 cm³/mol. The first-order valence-corrected chi connectivity index (χ1v) is 7.97. The van der Waals surface area contributed by atoms with Crippen LogP contribution in [0.2, 0.25) is 5.02 Å². The molecule has 118 valence electrons. The lowest BCUT2D eigenvalue weighted by Gasteiger charge is -2.18. The van der Waals surface area contributed by atoms with Crippen LogP contribution in [-0.2, 0) is 0 Å². The Balaban J connectivity index is 2.21. The zero-order chi connectivity index (χ0) is 16.1. The number of anilines is 3. The number of benzene rings is 1. The molecule has 1 N–H and O–H groups in total. The smallest absolute Gasteiger partial charge is 0.229 e. The molecule has 0 bridgehead atoms. The average Bonchev–Trinajstić information content (AvgIpc) is 2.48. The van der Waals surface area contributed by atoms with Crippen molar-refractivity contribution in [2.45, 2.75) is 33.6 Å². The summed E-state index contributed by atoms with van der Waals surface area (Å²) in [6.07, 6.45) is 4.08. The largest absolute Gasteiger partial charge is 0.360 e. The topological polar surface area (TPSA) is 41.1 Å². The van der Waals surface area contributed by atoms with Crippen LogP contribution in [0.3, 0.4) is 0 Å². The van der Waals surface area contributed by atoms with Crippen LogP contribution in [0.5, 0.6) is 0 Å². The van der Waals surface area contributed by atoms with E-state index in [0.29, 0.717) is 11.0 Å². The summed E-state index contributed by atoms with van der Waals surface area (Å²) in [5, 5.41) is 3.92. The highest BCUT2D eigenvalue weighted by Crippen LogP contribution is 2.29. The lowest BCUT2D eigenvalue weighted by atomic mass is 10.1. The second-order valence-electron chi connectivity index (χ2n) is 5.58. The van der Waals surface area contributed by atoms with E-state index < -0.39 is 0 Å². The van der Waals surface area contributed by atoms with Gasteiger partial charge in [-0.1, -0.05) is 31.0 Å². The molecule has 0 saturated carbocycles. The SMILES string of the molecule is CCCCN(C)c1ccnc(Nc2c(C)cc(C)cc2Cl)n1. The molecule has 5 heteroatoms. The second kappa shape index (κ2) is 7.45. The van der Waals surface area contributed by atoms with E-state index in [-0.39, 0.29) is 0 Å². The molecule has 0 radical (unpaired) electrons. The Morgan fingerprint density at radius 2 is 2.05 bits per heavy atom. The first-order valence-electron chi connectivity index (χ1n) is 7.59. The van der Waals surface area contributed by atoms with Gasteiger partial charge in [0.15, 0.2) is 0 Å². The van der Waals surface area contributed by atoms with Crippen LogP contribution in [0.1, 0.15) is 30.9 Å². The molecule has 0 spiro atoms. The van der Waals surface area contributed by atoms with Crippen molar-refractivity contribution in [3.63, 3.8) is 0 Å². The number of rotatable bonds is 6. The van der Waals surface area contributed by atoms with Gasteiger partial charge in [0.05, 0.1) is 10.7 Å². The third-order valence-electron chi connectivity index (χ3n) is 3.55. The van der Waals surface area contributed by atoms with E-state index >= 15 is 0 Å². The normalized spacial score (nSPS) is 10.6. The number of halogens is 1. The van der Waals surface area contributed by atoms with Gasteiger partial charge < -0.3 is 10.2 Å². The van der Waals surface area contributed by atoms with Crippen LogP contribution in [-0.4, -0.2) is 23.6 Å².